The Kier molecular flexibility index (Phi) is 5.09. The van der Waals surface area contributed by atoms with Crippen molar-refractivity contribution >= 4 is 5.91 Å². The lowest BCUT2D eigenvalue weighted by Gasteiger charge is -2.25. The van der Waals surface area contributed by atoms with Crippen LogP contribution in [0.25, 0.3) is 11.5 Å². The van der Waals surface area contributed by atoms with Crippen molar-refractivity contribution in [2.24, 2.45) is 0 Å². The molecule has 3 aromatic rings. The second-order valence-corrected chi connectivity index (χ2v) is 5.65. The number of rotatable bonds is 6. The minimum Gasteiger partial charge on any atom is -0.484 e. The zero-order valence-electron chi connectivity index (χ0n) is 14.1. The SMILES string of the molecule is C[C@H](c1ccccc1)N(C)C(=O)COc1ccc(-c2nnco2)cc1. The van der Waals surface area contributed by atoms with Crippen LogP contribution in [0.1, 0.15) is 18.5 Å². The number of ether oxygens (including phenoxy) is 1. The van der Waals surface area contributed by atoms with Crippen molar-refractivity contribution in [3.8, 4) is 17.2 Å². The molecule has 2 aromatic carbocycles. The molecule has 0 radical (unpaired) electrons. The lowest BCUT2D eigenvalue weighted by atomic mass is 10.1. The van der Waals surface area contributed by atoms with Gasteiger partial charge >= 0.3 is 0 Å². The normalized spacial score (nSPS) is 11.8. The van der Waals surface area contributed by atoms with E-state index in [0.29, 0.717) is 11.6 Å². The average molecular weight is 337 g/mol. The maximum atomic E-state index is 12.4. The highest BCUT2D eigenvalue weighted by molar-refractivity contribution is 5.78. The van der Waals surface area contributed by atoms with Crippen LogP contribution in [0.15, 0.2) is 65.4 Å². The third-order valence-corrected chi connectivity index (χ3v) is 4.08. The first-order valence-electron chi connectivity index (χ1n) is 7.95. The van der Waals surface area contributed by atoms with Gasteiger partial charge in [-0.3, -0.25) is 4.79 Å². The molecule has 1 atom stereocenters. The molecule has 0 bridgehead atoms. The van der Waals surface area contributed by atoms with Gasteiger partial charge in [-0.15, -0.1) is 10.2 Å². The highest BCUT2D eigenvalue weighted by Crippen LogP contribution is 2.21. The van der Waals surface area contributed by atoms with E-state index in [4.69, 9.17) is 9.15 Å². The number of amides is 1. The van der Waals surface area contributed by atoms with Gasteiger partial charge in [-0.1, -0.05) is 30.3 Å². The summed E-state index contributed by atoms with van der Waals surface area (Å²) in [5, 5.41) is 7.49. The quantitative estimate of drug-likeness (QED) is 0.690. The molecule has 0 fully saturated rings. The molecule has 25 heavy (non-hydrogen) atoms. The largest absolute Gasteiger partial charge is 0.484 e. The molecule has 128 valence electrons. The Labute approximate surface area is 146 Å². The van der Waals surface area contributed by atoms with Crippen molar-refractivity contribution in [2.75, 3.05) is 13.7 Å². The first-order valence-corrected chi connectivity index (χ1v) is 7.95. The van der Waals surface area contributed by atoms with Crippen molar-refractivity contribution in [3.63, 3.8) is 0 Å². The molecule has 3 rings (SSSR count). The minimum atomic E-state index is -0.0858. The smallest absolute Gasteiger partial charge is 0.260 e. The van der Waals surface area contributed by atoms with Crippen LogP contribution in [0.3, 0.4) is 0 Å². The third-order valence-electron chi connectivity index (χ3n) is 4.08. The number of nitrogens with zero attached hydrogens (tertiary/aromatic N) is 3. The van der Waals surface area contributed by atoms with E-state index < -0.39 is 0 Å². The van der Waals surface area contributed by atoms with Crippen LogP contribution in [-0.4, -0.2) is 34.7 Å². The second kappa shape index (κ2) is 7.61. The van der Waals surface area contributed by atoms with Gasteiger partial charge in [0, 0.05) is 12.6 Å². The predicted molar refractivity (Wildman–Crippen MR) is 92.9 cm³/mol. The Morgan fingerprint density at radius 3 is 2.52 bits per heavy atom. The molecular formula is C19H19N3O3. The van der Waals surface area contributed by atoms with Gasteiger partial charge in [-0.05, 0) is 36.8 Å². The third kappa shape index (κ3) is 4.03. The Morgan fingerprint density at radius 1 is 1.16 bits per heavy atom. The fourth-order valence-electron chi connectivity index (χ4n) is 2.41. The van der Waals surface area contributed by atoms with E-state index in [9.17, 15) is 4.79 Å². The van der Waals surface area contributed by atoms with Gasteiger partial charge in [-0.25, -0.2) is 0 Å². The molecule has 0 N–H and O–H groups in total. The maximum absolute atomic E-state index is 12.4. The molecule has 0 unspecified atom stereocenters. The molecule has 1 heterocycles. The highest BCUT2D eigenvalue weighted by Gasteiger charge is 2.17. The van der Waals surface area contributed by atoms with Crippen molar-refractivity contribution in [2.45, 2.75) is 13.0 Å². The summed E-state index contributed by atoms with van der Waals surface area (Å²) in [6, 6.07) is 17.0. The molecular weight excluding hydrogens is 318 g/mol. The Bertz CT molecular complexity index is 802. The fourth-order valence-corrected chi connectivity index (χ4v) is 2.41. The molecule has 0 spiro atoms. The number of carbonyl (C=O) groups excluding carboxylic acids is 1. The Hall–Kier alpha value is -3.15. The van der Waals surface area contributed by atoms with Gasteiger partial charge < -0.3 is 14.1 Å². The van der Waals surface area contributed by atoms with Crippen molar-refractivity contribution in [1.29, 1.82) is 0 Å². The predicted octanol–water partition coefficient (Wildman–Crippen LogP) is 3.34. The van der Waals surface area contributed by atoms with Gasteiger partial charge in [0.15, 0.2) is 6.61 Å². The van der Waals surface area contributed by atoms with Crippen molar-refractivity contribution in [3.05, 3.63) is 66.6 Å². The summed E-state index contributed by atoms with van der Waals surface area (Å²) in [7, 11) is 1.78. The average Bonchev–Trinajstić information content (AvgIpc) is 3.21. The Morgan fingerprint density at radius 2 is 1.88 bits per heavy atom. The standard InChI is InChI=1S/C19H19N3O3/c1-14(15-6-4-3-5-7-15)22(2)18(23)12-24-17-10-8-16(9-11-17)19-21-20-13-25-19/h3-11,13-14H,12H2,1-2H3/t14-/m1/s1. The van der Waals surface area contributed by atoms with Gasteiger partial charge in [-0.2, -0.15) is 0 Å². The molecule has 0 aliphatic rings. The summed E-state index contributed by atoms with van der Waals surface area (Å²) < 4.78 is 10.7. The van der Waals surface area contributed by atoms with Crippen LogP contribution in [-0.2, 0) is 4.79 Å². The van der Waals surface area contributed by atoms with Gasteiger partial charge in [0.2, 0.25) is 12.3 Å². The summed E-state index contributed by atoms with van der Waals surface area (Å²) >= 11 is 0. The number of benzene rings is 2. The molecule has 0 saturated heterocycles. The van der Waals surface area contributed by atoms with Crippen LogP contribution < -0.4 is 4.74 Å². The van der Waals surface area contributed by atoms with Crippen LogP contribution in [0, 0.1) is 0 Å². The summed E-state index contributed by atoms with van der Waals surface area (Å²) in [5.41, 5.74) is 1.88. The van der Waals surface area contributed by atoms with Gasteiger partial charge in [0.05, 0.1) is 6.04 Å². The van der Waals surface area contributed by atoms with Crippen molar-refractivity contribution in [1.82, 2.24) is 15.1 Å². The molecule has 6 nitrogen and oxygen atoms in total. The van der Waals surface area contributed by atoms with Gasteiger partial charge in [0.25, 0.3) is 5.91 Å². The molecule has 1 amide bonds. The lowest BCUT2D eigenvalue weighted by molar-refractivity contribution is -0.134. The number of hydrogen-bond acceptors (Lipinski definition) is 5. The van der Waals surface area contributed by atoms with E-state index in [1.54, 1.807) is 24.1 Å². The summed E-state index contributed by atoms with van der Waals surface area (Å²) in [4.78, 5) is 14.0. The summed E-state index contributed by atoms with van der Waals surface area (Å²) in [6.45, 7) is 1.97. The first kappa shape index (κ1) is 16.7. The monoisotopic (exact) mass is 337 g/mol. The number of likely N-dealkylation sites (N-methyl/N-ethyl adjacent to an activating group) is 1. The molecule has 0 aliphatic heterocycles. The molecule has 0 aliphatic carbocycles. The minimum absolute atomic E-state index is 0.0165. The van der Waals surface area contributed by atoms with E-state index in [1.807, 2.05) is 49.4 Å². The zero-order chi connectivity index (χ0) is 17.6. The fraction of sp³-hybridized carbons (Fsp3) is 0.211. The second-order valence-electron chi connectivity index (χ2n) is 5.65. The van der Waals surface area contributed by atoms with Crippen LogP contribution >= 0.6 is 0 Å². The van der Waals surface area contributed by atoms with Crippen LogP contribution in [0.4, 0.5) is 0 Å². The first-order chi connectivity index (χ1) is 12.1. The summed E-state index contributed by atoms with van der Waals surface area (Å²) in [6.07, 6.45) is 1.28. The maximum Gasteiger partial charge on any atom is 0.260 e. The van der Waals surface area contributed by atoms with Crippen LogP contribution in [0.2, 0.25) is 0 Å². The highest BCUT2D eigenvalue weighted by atomic mass is 16.5. The Balaban J connectivity index is 1.56. The van der Waals surface area contributed by atoms with E-state index in [2.05, 4.69) is 10.2 Å². The van der Waals surface area contributed by atoms with E-state index in [1.165, 1.54) is 6.39 Å². The molecule has 0 saturated carbocycles. The number of hydrogen-bond donors (Lipinski definition) is 0. The number of aromatic nitrogens is 2. The van der Waals surface area contributed by atoms with Crippen LogP contribution in [0.5, 0.6) is 5.75 Å². The van der Waals surface area contributed by atoms with Crippen molar-refractivity contribution < 1.29 is 13.9 Å². The zero-order valence-corrected chi connectivity index (χ0v) is 14.1. The van der Waals surface area contributed by atoms with E-state index >= 15 is 0 Å². The number of carbonyl (C=O) groups is 1. The summed E-state index contributed by atoms with van der Waals surface area (Å²) in [5.74, 6) is 0.966. The molecule has 1 aromatic heterocycles. The van der Waals surface area contributed by atoms with E-state index in [0.717, 1.165) is 11.1 Å². The van der Waals surface area contributed by atoms with E-state index in [-0.39, 0.29) is 18.6 Å². The molecule has 6 heteroatoms. The van der Waals surface area contributed by atoms with Gasteiger partial charge in [0.1, 0.15) is 5.75 Å². The lowest BCUT2D eigenvalue weighted by Crippen LogP contribution is -2.33. The topological polar surface area (TPSA) is 68.5 Å².